The quantitative estimate of drug-likeness (QED) is 0.755. The summed E-state index contributed by atoms with van der Waals surface area (Å²) in [6.45, 7) is 0. The number of hydrogen-bond acceptors (Lipinski definition) is 4. The van der Waals surface area contributed by atoms with E-state index in [2.05, 4.69) is 15.2 Å². The summed E-state index contributed by atoms with van der Waals surface area (Å²) < 4.78 is 20.7. The van der Waals surface area contributed by atoms with Crippen LogP contribution in [-0.2, 0) is 0 Å². The molecule has 21 heavy (non-hydrogen) atoms. The Hall–Kier alpha value is -2.54. The Morgan fingerprint density at radius 3 is 2.71 bits per heavy atom. The van der Waals surface area contributed by atoms with E-state index in [4.69, 9.17) is 17.0 Å². The van der Waals surface area contributed by atoms with Gasteiger partial charge in [0.2, 0.25) is 0 Å². The van der Waals surface area contributed by atoms with Crippen LogP contribution in [-0.4, -0.2) is 26.9 Å². The zero-order valence-corrected chi connectivity index (χ0v) is 11.9. The smallest absolute Gasteiger partial charge is 0.200 e. The van der Waals surface area contributed by atoms with E-state index in [0.717, 1.165) is 5.56 Å². The lowest BCUT2D eigenvalue weighted by Crippen LogP contribution is -1.99. The van der Waals surface area contributed by atoms with Crippen LogP contribution in [0.25, 0.3) is 17.1 Å². The number of aromatic amines is 1. The van der Waals surface area contributed by atoms with Crippen LogP contribution < -0.4 is 4.74 Å². The third kappa shape index (κ3) is 2.43. The maximum absolute atomic E-state index is 13.5. The molecule has 0 saturated heterocycles. The lowest BCUT2D eigenvalue weighted by molar-refractivity contribution is 0.386. The molecule has 0 spiro atoms. The number of aromatic nitrogens is 4. The highest BCUT2D eigenvalue weighted by molar-refractivity contribution is 7.71. The minimum Gasteiger partial charge on any atom is -0.494 e. The summed E-state index contributed by atoms with van der Waals surface area (Å²) >= 11 is 5.26. The lowest BCUT2D eigenvalue weighted by Gasteiger charge is -2.09. The van der Waals surface area contributed by atoms with Crippen LogP contribution in [0.4, 0.5) is 4.39 Å². The summed E-state index contributed by atoms with van der Waals surface area (Å²) in [5.74, 6) is 0.342. The molecule has 0 bridgehead atoms. The molecule has 0 atom stereocenters. The molecule has 3 rings (SSSR count). The molecule has 0 unspecified atom stereocenters. The molecule has 0 saturated carbocycles. The second-order valence-electron chi connectivity index (χ2n) is 4.24. The van der Waals surface area contributed by atoms with Crippen molar-refractivity contribution in [3.63, 3.8) is 0 Å². The molecular formula is C14H11FN4OS. The first kappa shape index (κ1) is 13.4. The summed E-state index contributed by atoms with van der Waals surface area (Å²) in [5.41, 5.74) is 1.51. The standard InChI is InChI=1S/C14H11FN4OS/c1-20-12-8-10(2-3-11(12)15)19-13(17-18-14(19)21)9-4-6-16-7-5-9/h2-8H,1H3,(H,18,21). The van der Waals surface area contributed by atoms with Crippen molar-refractivity contribution in [1.29, 1.82) is 0 Å². The summed E-state index contributed by atoms with van der Waals surface area (Å²) in [6.07, 6.45) is 3.34. The van der Waals surface area contributed by atoms with Gasteiger partial charge in [-0.25, -0.2) is 4.39 Å². The van der Waals surface area contributed by atoms with Crippen molar-refractivity contribution in [2.45, 2.75) is 0 Å². The second kappa shape index (κ2) is 5.45. The minimum atomic E-state index is -0.429. The first-order valence-electron chi connectivity index (χ1n) is 6.12. The molecule has 1 N–H and O–H groups in total. The fraction of sp³-hybridized carbons (Fsp3) is 0.0714. The summed E-state index contributed by atoms with van der Waals surface area (Å²) in [6, 6.07) is 8.17. The van der Waals surface area contributed by atoms with Gasteiger partial charge in [-0.3, -0.25) is 14.6 Å². The molecule has 2 heterocycles. The normalized spacial score (nSPS) is 10.6. The molecular weight excluding hydrogens is 291 g/mol. The van der Waals surface area contributed by atoms with Crippen LogP contribution in [0, 0.1) is 10.6 Å². The maximum Gasteiger partial charge on any atom is 0.200 e. The molecule has 0 aliphatic rings. The summed E-state index contributed by atoms with van der Waals surface area (Å²) in [5, 5.41) is 6.97. The predicted octanol–water partition coefficient (Wildman–Crippen LogP) is 3.14. The van der Waals surface area contributed by atoms with Gasteiger partial charge in [-0.05, 0) is 36.5 Å². The Morgan fingerprint density at radius 2 is 2.00 bits per heavy atom. The molecule has 0 aliphatic heterocycles. The number of ether oxygens (including phenoxy) is 1. The van der Waals surface area contributed by atoms with E-state index in [-0.39, 0.29) is 5.75 Å². The van der Waals surface area contributed by atoms with Gasteiger partial charge < -0.3 is 4.74 Å². The van der Waals surface area contributed by atoms with Crippen molar-refractivity contribution in [3.8, 4) is 22.8 Å². The van der Waals surface area contributed by atoms with Gasteiger partial charge in [0.1, 0.15) is 0 Å². The maximum atomic E-state index is 13.5. The first-order chi connectivity index (χ1) is 10.2. The second-order valence-corrected chi connectivity index (χ2v) is 4.63. The van der Waals surface area contributed by atoms with E-state index >= 15 is 0 Å². The number of halogens is 1. The molecule has 7 heteroatoms. The highest BCUT2D eigenvalue weighted by atomic mass is 32.1. The number of H-pyrrole nitrogens is 1. The minimum absolute atomic E-state index is 0.149. The van der Waals surface area contributed by atoms with Gasteiger partial charge in [0.15, 0.2) is 22.2 Å². The number of nitrogens with zero attached hydrogens (tertiary/aromatic N) is 3. The highest BCUT2D eigenvalue weighted by Crippen LogP contribution is 2.25. The van der Waals surface area contributed by atoms with Crippen LogP contribution in [0.1, 0.15) is 0 Å². The summed E-state index contributed by atoms with van der Waals surface area (Å²) in [7, 11) is 1.42. The van der Waals surface area contributed by atoms with Crippen molar-refractivity contribution < 1.29 is 9.13 Å². The van der Waals surface area contributed by atoms with Gasteiger partial charge in [-0.15, -0.1) is 0 Å². The fourth-order valence-corrected chi connectivity index (χ4v) is 2.26. The molecule has 1 aromatic carbocycles. The van der Waals surface area contributed by atoms with Gasteiger partial charge in [0.25, 0.3) is 0 Å². The first-order valence-corrected chi connectivity index (χ1v) is 6.53. The Balaban J connectivity index is 2.20. The number of benzene rings is 1. The van der Waals surface area contributed by atoms with Crippen molar-refractivity contribution in [1.82, 2.24) is 19.7 Å². The average Bonchev–Trinajstić information content (AvgIpc) is 2.90. The zero-order valence-electron chi connectivity index (χ0n) is 11.1. The lowest BCUT2D eigenvalue weighted by atomic mass is 10.2. The number of hydrogen-bond donors (Lipinski definition) is 1. The van der Waals surface area contributed by atoms with E-state index < -0.39 is 5.82 Å². The van der Waals surface area contributed by atoms with E-state index in [1.54, 1.807) is 29.1 Å². The zero-order chi connectivity index (χ0) is 14.8. The van der Waals surface area contributed by atoms with Crippen LogP contribution in [0.3, 0.4) is 0 Å². The monoisotopic (exact) mass is 302 g/mol. The third-order valence-electron chi connectivity index (χ3n) is 3.00. The molecule has 5 nitrogen and oxygen atoms in total. The SMILES string of the molecule is COc1cc(-n2c(-c3ccncc3)n[nH]c2=S)ccc1F. The third-order valence-corrected chi connectivity index (χ3v) is 3.28. The molecule has 2 aromatic heterocycles. The average molecular weight is 302 g/mol. The van der Waals surface area contributed by atoms with Crippen molar-refractivity contribution in [2.24, 2.45) is 0 Å². The van der Waals surface area contributed by atoms with Crippen LogP contribution in [0.2, 0.25) is 0 Å². The number of methoxy groups -OCH3 is 1. The van der Waals surface area contributed by atoms with Crippen molar-refractivity contribution in [2.75, 3.05) is 7.11 Å². The predicted molar refractivity (Wildman–Crippen MR) is 78.5 cm³/mol. The Bertz CT molecular complexity index is 828. The van der Waals surface area contributed by atoms with Gasteiger partial charge in [-0.2, -0.15) is 5.10 Å². The van der Waals surface area contributed by atoms with E-state index in [1.165, 1.54) is 13.2 Å². The van der Waals surface area contributed by atoms with Crippen molar-refractivity contribution >= 4 is 12.2 Å². The van der Waals surface area contributed by atoms with E-state index in [9.17, 15) is 4.39 Å². The van der Waals surface area contributed by atoms with Crippen LogP contribution in [0.15, 0.2) is 42.7 Å². The van der Waals surface area contributed by atoms with Gasteiger partial charge >= 0.3 is 0 Å². The number of rotatable bonds is 3. The Labute approximate surface area is 125 Å². The number of nitrogens with one attached hydrogen (secondary N) is 1. The topological polar surface area (TPSA) is 55.7 Å². The van der Waals surface area contributed by atoms with E-state index in [1.807, 2.05) is 12.1 Å². The number of pyridine rings is 1. The van der Waals surface area contributed by atoms with Gasteiger partial charge in [-0.1, -0.05) is 0 Å². The van der Waals surface area contributed by atoms with Crippen molar-refractivity contribution in [3.05, 3.63) is 53.3 Å². The largest absolute Gasteiger partial charge is 0.494 e. The highest BCUT2D eigenvalue weighted by Gasteiger charge is 2.12. The fourth-order valence-electron chi connectivity index (χ4n) is 2.02. The Morgan fingerprint density at radius 1 is 1.24 bits per heavy atom. The molecule has 3 aromatic rings. The van der Waals surface area contributed by atoms with Crippen LogP contribution >= 0.6 is 12.2 Å². The van der Waals surface area contributed by atoms with Gasteiger partial charge in [0.05, 0.1) is 12.8 Å². The molecule has 0 fully saturated rings. The molecule has 0 amide bonds. The Kier molecular flexibility index (Phi) is 3.49. The molecule has 0 radical (unpaired) electrons. The van der Waals surface area contributed by atoms with Crippen LogP contribution in [0.5, 0.6) is 5.75 Å². The van der Waals surface area contributed by atoms with Gasteiger partial charge in [0, 0.05) is 24.0 Å². The molecule has 0 aliphatic carbocycles. The van der Waals surface area contributed by atoms with E-state index in [0.29, 0.717) is 16.3 Å². The summed E-state index contributed by atoms with van der Waals surface area (Å²) in [4.78, 5) is 3.98. The molecule has 106 valence electrons.